The summed E-state index contributed by atoms with van der Waals surface area (Å²) in [4.78, 5) is 0. The maximum Gasteiger partial charge on any atom is 0.0628 e. The summed E-state index contributed by atoms with van der Waals surface area (Å²) < 4.78 is 3.92. The first-order chi connectivity index (χ1) is 6.88. The predicted octanol–water partition coefficient (Wildman–Crippen LogP) is 5.48. The molecule has 0 spiro atoms. The van der Waals surface area contributed by atoms with Crippen molar-refractivity contribution in [3.63, 3.8) is 0 Å². The number of rotatable bonds is 2. The molecule has 2 aliphatic rings. The van der Waals surface area contributed by atoms with E-state index in [-0.39, 0.29) is 0 Å². The van der Waals surface area contributed by atoms with Gasteiger partial charge in [0.2, 0.25) is 0 Å². The van der Waals surface area contributed by atoms with E-state index in [9.17, 15) is 0 Å². The molecule has 0 aliphatic carbocycles. The molecule has 0 amide bonds. The van der Waals surface area contributed by atoms with E-state index >= 15 is 0 Å². The van der Waals surface area contributed by atoms with Gasteiger partial charge < -0.3 is 0 Å². The normalized spacial score (nSPS) is 23.4. The van der Waals surface area contributed by atoms with Crippen LogP contribution in [0.5, 0.6) is 0 Å². The minimum Gasteiger partial charge on any atom is -0.106 e. The second kappa shape index (κ2) is 5.96. The first-order valence-electron chi connectivity index (χ1n) is 3.65. The Bertz CT molecular complexity index is 328. The van der Waals surface area contributed by atoms with E-state index in [4.69, 9.17) is 0 Å². The van der Waals surface area contributed by atoms with Crippen LogP contribution in [0.25, 0.3) is 0 Å². The third-order valence-corrected chi connectivity index (χ3v) is 7.35. The Morgan fingerprint density at radius 2 is 1.79 bits per heavy atom. The Labute approximate surface area is 110 Å². The third-order valence-electron chi connectivity index (χ3n) is 1.34. The topological polar surface area (TPSA) is 0 Å². The summed E-state index contributed by atoms with van der Waals surface area (Å²) in [5, 5.41) is 6.36. The van der Waals surface area contributed by atoms with Crippen molar-refractivity contribution in [1.82, 2.24) is 0 Å². The fourth-order valence-corrected chi connectivity index (χ4v) is 5.61. The molecule has 0 nitrogen and oxygen atoms in total. The average Bonchev–Trinajstić information content (AvgIpc) is 2.86. The van der Waals surface area contributed by atoms with Crippen LogP contribution in [0.2, 0.25) is 0 Å². The molecule has 0 saturated heterocycles. The van der Waals surface area contributed by atoms with Crippen molar-refractivity contribution < 1.29 is 0 Å². The van der Waals surface area contributed by atoms with Gasteiger partial charge in [-0.05, 0) is 28.4 Å². The summed E-state index contributed by atoms with van der Waals surface area (Å²) in [6.45, 7) is 0. The van der Waals surface area contributed by atoms with E-state index in [0.717, 1.165) is 0 Å². The van der Waals surface area contributed by atoms with Crippen LogP contribution in [0.4, 0.5) is 0 Å². The quantitative estimate of drug-likeness (QED) is 0.527. The third kappa shape index (κ3) is 3.28. The van der Waals surface area contributed by atoms with Gasteiger partial charge >= 0.3 is 0 Å². The molecule has 0 aromatic rings. The van der Waals surface area contributed by atoms with E-state index in [2.05, 4.69) is 40.0 Å². The molecule has 0 radical (unpaired) electrons. The summed E-state index contributed by atoms with van der Waals surface area (Å²) in [5.74, 6) is 0. The van der Waals surface area contributed by atoms with Gasteiger partial charge in [-0.25, -0.2) is 0 Å². The Kier molecular flexibility index (Phi) is 4.91. The van der Waals surface area contributed by atoms with E-state index in [1.165, 1.54) is 23.5 Å². The van der Waals surface area contributed by atoms with Gasteiger partial charge in [-0.1, -0.05) is 57.8 Å². The molecule has 0 aromatic carbocycles. The average molecular weight is 295 g/mol. The molecule has 0 fully saturated rings. The predicted molar refractivity (Wildman–Crippen MR) is 80.3 cm³/mol. The zero-order valence-electron chi connectivity index (χ0n) is 6.88. The van der Waals surface area contributed by atoms with E-state index in [1.807, 2.05) is 0 Å². The van der Waals surface area contributed by atoms with Crippen molar-refractivity contribution in [2.45, 2.75) is 0 Å². The van der Waals surface area contributed by atoms with Gasteiger partial charge in [0.05, 0.1) is 4.24 Å². The second-order valence-electron chi connectivity index (χ2n) is 2.23. The largest absolute Gasteiger partial charge is 0.106 e. The highest BCUT2D eigenvalue weighted by molar-refractivity contribution is 8.73. The van der Waals surface area contributed by atoms with Crippen molar-refractivity contribution >= 4 is 69.5 Å². The van der Waals surface area contributed by atoms with Crippen LogP contribution >= 0.6 is 69.5 Å². The molecule has 74 valence electrons. The van der Waals surface area contributed by atoms with E-state index < -0.39 is 0 Å². The molecule has 14 heavy (non-hydrogen) atoms. The first kappa shape index (κ1) is 11.5. The van der Waals surface area contributed by atoms with Gasteiger partial charge in [0, 0.05) is 8.47 Å². The van der Waals surface area contributed by atoms with Crippen LogP contribution < -0.4 is 0 Å². The van der Waals surface area contributed by atoms with Crippen LogP contribution in [0.15, 0.2) is 41.1 Å². The van der Waals surface area contributed by atoms with Gasteiger partial charge in [0.15, 0.2) is 0 Å². The number of thiol groups is 1. The molecule has 0 bridgehead atoms. The Balaban J connectivity index is 1.91. The van der Waals surface area contributed by atoms with E-state index in [1.54, 1.807) is 47.0 Å². The Hall–Kier alpha value is 1.06. The molecule has 2 aliphatic heterocycles. The van der Waals surface area contributed by atoms with E-state index in [0.29, 0.717) is 0 Å². The van der Waals surface area contributed by atoms with Crippen LogP contribution in [-0.4, -0.2) is 0 Å². The maximum absolute atomic E-state index is 4.17. The molecule has 0 saturated carbocycles. The van der Waals surface area contributed by atoms with Crippen LogP contribution in [0.3, 0.4) is 0 Å². The first-order valence-corrected chi connectivity index (χ1v) is 8.97. The number of thioether (sulfide) groups is 4. The summed E-state index contributed by atoms with van der Waals surface area (Å²) >= 11 is 11.3. The highest BCUT2D eigenvalue weighted by Crippen LogP contribution is 2.49. The minimum atomic E-state index is 1.26. The van der Waals surface area contributed by atoms with Gasteiger partial charge in [-0.15, -0.1) is 11.7 Å². The van der Waals surface area contributed by atoms with Gasteiger partial charge in [-0.2, -0.15) is 0 Å². The van der Waals surface area contributed by atoms with Crippen LogP contribution in [-0.2, 0) is 0 Å². The SMILES string of the molecule is SSC1=CS/C(=C\C=C2SC=CS2)S1. The van der Waals surface area contributed by atoms with Crippen molar-refractivity contribution in [3.8, 4) is 0 Å². The Morgan fingerprint density at radius 3 is 2.43 bits per heavy atom. The van der Waals surface area contributed by atoms with Gasteiger partial charge in [-0.3, -0.25) is 0 Å². The van der Waals surface area contributed by atoms with Crippen molar-refractivity contribution in [1.29, 1.82) is 0 Å². The van der Waals surface area contributed by atoms with Crippen molar-refractivity contribution in [2.75, 3.05) is 0 Å². The lowest BCUT2D eigenvalue weighted by atomic mass is 10.6. The molecule has 2 rings (SSSR count). The lowest BCUT2D eigenvalue weighted by Crippen LogP contribution is -1.61. The Morgan fingerprint density at radius 1 is 1.07 bits per heavy atom. The lowest BCUT2D eigenvalue weighted by Gasteiger charge is -1.94. The highest BCUT2D eigenvalue weighted by atomic mass is 33.1. The zero-order chi connectivity index (χ0) is 9.80. The second-order valence-corrected chi connectivity index (χ2v) is 8.06. The smallest absolute Gasteiger partial charge is 0.0628 e. The monoisotopic (exact) mass is 294 g/mol. The fourth-order valence-electron chi connectivity index (χ4n) is 0.799. The zero-order valence-corrected chi connectivity index (χ0v) is 11.9. The summed E-state index contributed by atoms with van der Waals surface area (Å²) in [6.07, 6.45) is 4.34. The lowest BCUT2D eigenvalue weighted by molar-refractivity contribution is 2.05. The summed E-state index contributed by atoms with van der Waals surface area (Å²) in [5.41, 5.74) is 0. The minimum absolute atomic E-state index is 1.26. The summed E-state index contributed by atoms with van der Waals surface area (Å²) in [6, 6.07) is 0. The number of hydrogen-bond acceptors (Lipinski definition) is 6. The fraction of sp³-hybridized carbons (Fsp3) is 0. The molecular formula is C8H6S6. The number of allylic oxidation sites excluding steroid dienone is 2. The molecule has 0 N–H and O–H groups in total. The van der Waals surface area contributed by atoms with Crippen molar-refractivity contribution in [3.05, 3.63) is 41.1 Å². The molecule has 0 atom stereocenters. The molecule has 0 aromatic heterocycles. The molecule has 0 unspecified atom stereocenters. The van der Waals surface area contributed by atoms with Gasteiger partial charge in [0.1, 0.15) is 0 Å². The number of hydrogen-bond donors (Lipinski definition) is 1. The maximum atomic E-state index is 4.17. The highest BCUT2D eigenvalue weighted by Gasteiger charge is 2.10. The molecule has 2 heterocycles. The standard InChI is InChI=1S/C8H6S6/c9-14-8-5-12-7(13-8)2-1-6-10-3-4-11-6/h1-5,9H/b7-2+. The van der Waals surface area contributed by atoms with Crippen molar-refractivity contribution in [2.24, 2.45) is 0 Å². The van der Waals surface area contributed by atoms with Crippen LogP contribution in [0.1, 0.15) is 0 Å². The summed E-state index contributed by atoms with van der Waals surface area (Å²) in [7, 11) is 1.51. The van der Waals surface area contributed by atoms with Crippen LogP contribution in [0, 0.1) is 0 Å². The molecular weight excluding hydrogens is 288 g/mol. The molecule has 6 heteroatoms. The van der Waals surface area contributed by atoms with Gasteiger partial charge in [0.25, 0.3) is 0 Å².